The molecule has 0 N–H and O–H groups in total. The average Bonchev–Trinajstić information content (AvgIpc) is 3.86. The monoisotopic (exact) mass is 766 g/mol. The molecule has 8 aromatic carbocycles. The third kappa shape index (κ3) is 6.04. The molecule has 10 heteroatoms. The van der Waals surface area contributed by atoms with Crippen LogP contribution in [-0.2, 0) is 0 Å². The zero-order chi connectivity index (χ0) is 41.4. The number of furan rings is 1. The van der Waals surface area contributed by atoms with Crippen molar-refractivity contribution in [2.24, 2.45) is 0 Å². The number of hydrogen-bond acceptors (Lipinski definition) is 4. The SMILES string of the molecule is [B]c1c([B])c([B])c(-c2ccc(-c3nc(-c4ccccc4)nc(-c4ccc5oc6c(-c7ccc8c(c7)c7ccccc7n8-c7ccccc7)cccc6c5c4)n3)cc2)c([B])c1[B]. The van der Waals surface area contributed by atoms with Gasteiger partial charge < -0.3 is 8.98 Å². The number of fused-ring (bicyclic) bond motifs is 6. The molecule has 3 aromatic heterocycles. The van der Waals surface area contributed by atoms with Crippen molar-refractivity contribution in [2.45, 2.75) is 0 Å². The Morgan fingerprint density at radius 3 is 1.62 bits per heavy atom. The fraction of sp³-hybridized carbons (Fsp3) is 0. The van der Waals surface area contributed by atoms with Crippen LogP contribution in [0.5, 0.6) is 0 Å². The molecule has 0 saturated heterocycles. The lowest BCUT2D eigenvalue weighted by molar-refractivity contribution is 0.670. The molecule has 11 aromatic rings. The highest BCUT2D eigenvalue weighted by atomic mass is 16.3. The summed E-state index contributed by atoms with van der Waals surface area (Å²) in [4.78, 5) is 15.0. The fourth-order valence-electron chi connectivity index (χ4n) is 8.46. The van der Waals surface area contributed by atoms with Gasteiger partial charge in [-0.25, -0.2) is 15.0 Å². The third-order valence-electron chi connectivity index (χ3n) is 11.6. The molecule has 3 heterocycles. The summed E-state index contributed by atoms with van der Waals surface area (Å²) in [5.74, 6) is 1.56. The van der Waals surface area contributed by atoms with E-state index in [-0.39, 0.29) is 27.3 Å². The highest BCUT2D eigenvalue weighted by molar-refractivity contribution is 6.68. The Balaban J connectivity index is 1.02. The summed E-state index contributed by atoms with van der Waals surface area (Å²) >= 11 is 0. The number of nitrogens with zero attached hydrogens (tertiary/aromatic N) is 4. The first-order chi connectivity index (χ1) is 29.8. The highest BCUT2D eigenvalue weighted by Gasteiger charge is 2.19. The Morgan fingerprint density at radius 1 is 0.377 bits per heavy atom. The Labute approximate surface area is 358 Å². The second kappa shape index (κ2) is 14.5. The molecular formula is C51H27B5N4O. The van der Waals surface area contributed by atoms with Crippen molar-refractivity contribution in [1.29, 1.82) is 0 Å². The van der Waals surface area contributed by atoms with Gasteiger partial charge in [0.1, 0.15) is 50.4 Å². The molecule has 5 nitrogen and oxygen atoms in total. The third-order valence-corrected chi connectivity index (χ3v) is 11.6. The standard InChI is InChI=1S/C51H27B5N4O/c52-43-42(44(53)46(55)47(56)45(43)54)28-18-20-30(21-19-28)50-57-49(29-10-3-1-4-11-29)58-51(59-50)32-23-25-41-38(27-32)36-16-9-15-34(48(36)61-41)31-22-24-40-37(26-31)35-14-7-8-17-39(35)60(40)33-12-5-2-6-13-33/h1-27H. The maximum Gasteiger partial charge on any atom is 0.164 e. The molecule has 10 radical (unpaired) electrons. The van der Waals surface area contributed by atoms with Crippen LogP contribution in [0.3, 0.4) is 0 Å². The van der Waals surface area contributed by atoms with E-state index in [4.69, 9.17) is 58.6 Å². The van der Waals surface area contributed by atoms with Crippen LogP contribution in [0.15, 0.2) is 168 Å². The Kier molecular flexibility index (Phi) is 8.71. The fourth-order valence-corrected chi connectivity index (χ4v) is 8.46. The van der Waals surface area contributed by atoms with E-state index in [1.54, 1.807) is 0 Å². The summed E-state index contributed by atoms with van der Waals surface area (Å²) in [6.45, 7) is 0. The predicted molar refractivity (Wildman–Crippen MR) is 256 cm³/mol. The van der Waals surface area contributed by atoms with Crippen molar-refractivity contribution in [2.75, 3.05) is 0 Å². The summed E-state index contributed by atoms with van der Waals surface area (Å²) in [5, 5.41) is 4.33. The number of aromatic nitrogens is 4. The minimum absolute atomic E-state index is 0.171. The van der Waals surface area contributed by atoms with Crippen LogP contribution in [0.2, 0.25) is 0 Å². The normalized spacial score (nSPS) is 11.6. The molecule has 0 spiro atoms. The molecular weight excluding hydrogens is 739 g/mol. The molecule has 0 bridgehead atoms. The maximum atomic E-state index is 6.68. The number of benzene rings is 8. The van der Waals surface area contributed by atoms with E-state index in [1.807, 2.05) is 72.8 Å². The van der Waals surface area contributed by atoms with Crippen LogP contribution in [0, 0.1) is 0 Å². The Hall–Kier alpha value is -7.31. The summed E-state index contributed by atoms with van der Waals surface area (Å²) in [6.07, 6.45) is 0. The first-order valence-corrected chi connectivity index (χ1v) is 19.8. The first kappa shape index (κ1) is 36.8. The number of hydrogen-bond donors (Lipinski definition) is 0. The molecule has 272 valence electrons. The van der Waals surface area contributed by atoms with Crippen molar-refractivity contribution >= 4 is 110 Å². The molecule has 0 amide bonds. The van der Waals surface area contributed by atoms with Crippen LogP contribution in [0.1, 0.15) is 0 Å². The van der Waals surface area contributed by atoms with Crippen molar-refractivity contribution < 1.29 is 4.42 Å². The summed E-state index contributed by atoms with van der Waals surface area (Å²) in [7, 11) is 31.2. The van der Waals surface area contributed by atoms with Gasteiger partial charge in [-0.2, -0.15) is 0 Å². The van der Waals surface area contributed by atoms with E-state index in [1.165, 1.54) is 10.8 Å². The first-order valence-electron chi connectivity index (χ1n) is 19.8. The number of para-hydroxylation sites is 3. The van der Waals surface area contributed by atoms with Crippen LogP contribution in [0.25, 0.3) is 106 Å². The molecule has 11 rings (SSSR count). The van der Waals surface area contributed by atoms with Crippen LogP contribution in [0.4, 0.5) is 0 Å². The quantitative estimate of drug-likeness (QED) is 0.169. The van der Waals surface area contributed by atoms with E-state index in [0.717, 1.165) is 72.0 Å². The van der Waals surface area contributed by atoms with Crippen molar-refractivity contribution in [3.63, 3.8) is 0 Å². The zero-order valence-electron chi connectivity index (χ0n) is 32.7. The van der Waals surface area contributed by atoms with Crippen LogP contribution in [-0.4, -0.2) is 58.8 Å². The molecule has 61 heavy (non-hydrogen) atoms. The van der Waals surface area contributed by atoms with E-state index < -0.39 is 0 Å². The molecule has 0 aliphatic rings. The topological polar surface area (TPSA) is 56.7 Å². The average molecular weight is 766 g/mol. The van der Waals surface area contributed by atoms with Gasteiger partial charge in [0.25, 0.3) is 0 Å². The highest BCUT2D eigenvalue weighted by Crippen LogP contribution is 2.40. The van der Waals surface area contributed by atoms with Gasteiger partial charge in [-0.05, 0) is 65.2 Å². The Bertz CT molecular complexity index is 3500. The number of rotatable bonds is 6. The van der Waals surface area contributed by atoms with Crippen LogP contribution >= 0.6 is 0 Å². The van der Waals surface area contributed by atoms with Gasteiger partial charge in [0.2, 0.25) is 0 Å². The van der Waals surface area contributed by atoms with E-state index >= 15 is 0 Å². The van der Waals surface area contributed by atoms with Gasteiger partial charge in [0.15, 0.2) is 17.5 Å². The maximum absolute atomic E-state index is 6.68. The summed E-state index contributed by atoms with van der Waals surface area (Å²) in [6, 6.07) is 55.6. The van der Waals surface area contributed by atoms with Crippen molar-refractivity contribution in [3.05, 3.63) is 164 Å². The molecule has 0 aliphatic carbocycles. The largest absolute Gasteiger partial charge is 0.455 e. The van der Waals surface area contributed by atoms with Gasteiger partial charge in [-0.3, -0.25) is 0 Å². The molecule has 0 unspecified atom stereocenters. The smallest absolute Gasteiger partial charge is 0.164 e. The molecule has 0 saturated carbocycles. The molecule has 0 atom stereocenters. The van der Waals surface area contributed by atoms with E-state index in [0.29, 0.717) is 23.0 Å². The van der Waals surface area contributed by atoms with Gasteiger partial charge >= 0.3 is 0 Å². The van der Waals surface area contributed by atoms with Crippen molar-refractivity contribution in [1.82, 2.24) is 19.5 Å². The van der Waals surface area contributed by atoms with Crippen molar-refractivity contribution in [3.8, 4) is 62.1 Å². The predicted octanol–water partition coefficient (Wildman–Crippen LogP) is 7.17. The summed E-state index contributed by atoms with van der Waals surface area (Å²) in [5.41, 5.74) is 11.9. The van der Waals surface area contributed by atoms with E-state index in [9.17, 15) is 0 Å². The van der Waals surface area contributed by atoms with Gasteiger partial charge in [-0.15, -0.1) is 16.4 Å². The zero-order valence-corrected chi connectivity index (χ0v) is 32.7. The summed E-state index contributed by atoms with van der Waals surface area (Å²) < 4.78 is 9.00. The second-order valence-electron chi connectivity index (χ2n) is 15.1. The van der Waals surface area contributed by atoms with Gasteiger partial charge in [-0.1, -0.05) is 126 Å². The minimum atomic E-state index is 0.171. The minimum Gasteiger partial charge on any atom is -0.455 e. The van der Waals surface area contributed by atoms with Gasteiger partial charge in [0, 0.05) is 49.5 Å². The van der Waals surface area contributed by atoms with Crippen LogP contribution < -0.4 is 27.3 Å². The molecule has 0 fully saturated rings. The van der Waals surface area contributed by atoms with Gasteiger partial charge in [0.05, 0.1) is 11.0 Å². The lowest BCUT2D eigenvalue weighted by atomic mass is 9.59. The second-order valence-corrected chi connectivity index (χ2v) is 15.1. The Morgan fingerprint density at radius 2 is 0.902 bits per heavy atom. The molecule has 0 aliphatic heterocycles. The lowest BCUT2D eigenvalue weighted by Gasteiger charge is -2.21. The van der Waals surface area contributed by atoms with E-state index in [2.05, 4.69) is 95.6 Å². The lowest BCUT2D eigenvalue weighted by Crippen LogP contribution is -2.55.